The Morgan fingerprint density at radius 1 is 1.33 bits per heavy atom. The molecular formula is C18H21N3O3. The molecule has 0 bridgehead atoms. The lowest BCUT2D eigenvalue weighted by Gasteiger charge is -2.24. The number of carbonyl (C=O) groups excluding carboxylic acids is 1. The maximum Gasteiger partial charge on any atom is 0.307 e. The summed E-state index contributed by atoms with van der Waals surface area (Å²) < 4.78 is 1.95. The topological polar surface area (TPSA) is 83.7 Å². The van der Waals surface area contributed by atoms with E-state index in [9.17, 15) is 14.7 Å². The van der Waals surface area contributed by atoms with Crippen LogP contribution in [0.5, 0.6) is 0 Å². The quantitative estimate of drug-likeness (QED) is 0.823. The molecule has 6 nitrogen and oxygen atoms in total. The van der Waals surface area contributed by atoms with Crippen LogP contribution in [0.4, 0.5) is 0 Å². The summed E-state index contributed by atoms with van der Waals surface area (Å²) in [5.74, 6) is -2.22. The van der Waals surface area contributed by atoms with E-state index in [4.69, 9.17) is 0 Å². The van der Waals surface area contributed by atoms with Crippen LogP contribution in [-0.4, -0.2) is 32.9 Å². The molecule has 24 heavy (non-hydrogen) atoms. The lowest BCUT2D eigenvalue weighted by atomic mass is 9.82. The van der Waals surface area contributed by atoms with Crippen LogP contribution in [0.2, 0.25) is 0 Å². The molecular weight excluding hydrogens is 306 g/mol. The van der Waals surface area contributed by atoms with E-state index in [0.717, 1.165) is 16.9 Å². The Hall–Kier alpha value is -2.63. The van der Waals surface area contributed by atoms with Gasteiger partial charge in [-0.05, 0) is 37.5 Å². The van der Waals surface area contributed by atoms with Crippen molar-refractivity contribution in [2.24, 2.45) is 11.8 Å². The highest BCUT2D eigenvalue weighted by Gasteiger charge is 2.33. The monoisotopic (exact) mass is 327 g/mol. The van der Waals surface area contributed by atoms with Crippen LogP contribution in [0.25, 0.3) is 5.65 Å². The summed E-state index contributed by atoms with van der Waals surface area (Å²) in [4.78, 5) is 28.1. The van der Waals surface area contributed by atoms with Gasteiger partial charge in [0, 0.05) is 25.4 Å². The number of hydrogen-bond acceptors (Lipinski definition) is 3. The van der Waals surface area contributed by atoms with E-state index in [0.29, 0.717) is 25.8 Å². The standard InChI is InChI=1S/C18H21N3O3/c1-12-7-9-21-11-13(20-16(21)10-12)6-8-19-17(22)14-4-2-3-5-15(14)18(23)24/h2-3,7,9-11,14-15H,4-6,8H2,1H3,(H,19,22)(H,23,24)/t14-,15-/m1/s1. The molecule has 1 aliphatic rings. The summed E-state index contributed by atoms with van der Waals surface area (Å²) >= 11 is 0. The first-order valence-corrected chi connectivity index (χ1v) is 8.14. The fourth-order valence-corrected chi connectivity index (χ4v) is 3.08. The number of aryl methyl sites for hydroxylation is 1. The van der Waals surface area contributed by atoms with E-state index in [1.807, 2.05) is 48.0 Å². The number of fused-ring (bicyclic) bond motifs is 1. The van der Waals surface area contributed by atoms with Crippen LogP contribution in [0.3, 0.4) is 0 Å². The Balaban J connectivity index is 1.57. The third kappa shape index (κ3) is 3.48. The molecule has 0 unspecified atom stereocenters. The molecule has 0 saturated carbocycles. The fourth-order valence-electron chi connectivity index (χ4n) is 3.08. The normalized spacial score (nSPS) is 20.2. The largest absolute Gasteiger partial charge is 0.481 e. The van der Waals surface area contributed by atoms with Crippen LogP contribution in [0, 0.1) is 18.8 Å². The molecule has 2 atom stereocenters. The maximum absolute atomic E-state index is 12.3. The van der Waals surface area contributed by atoms with Gasteiger partial charge in [-0.25, -0.2) is 4.98 Å². The third-order valence-electron chi connectivity index (χ3n) is 4.43. The fraction of sp³-hybridized carbons (Fsp3) is 0.389. The molecule has 2 N–H and O–H groups in total. The third-order valence-corrected chi connectivity index (χ3v) is 4.43. The highest BCUT2D eigenvalue weighted by molar-refractivity contribution is 5.85. The zero-order valence-corrected chi connectivity index (χ0v) is 13.6. The van der Waals surface area contributed by atoms with Crippen molar-refractivity contribution < 1.29 is 14.7 Å². The van der Waals surface area contributed by atoms with Crippen molar-refractivity contribution in [2.45, 2.75) is 26.2 Å². The molecule has 0 fully saturated rings. The Morgan fingerprint density at radius 3 is 2.83 bits per heavy atom. The van der Waals surface area contributed by atoms with E-state index >= 15 is 0 Å². The van der Waals surface area contributed by atoms with Crippen LogP contribution >= 0.6 is 0 Å². The summed E-state index contributed by atoms with van der Waals surface area (Å²) in [6, 6.07) is 4.02. The van der Waals surface area contributed by atoms with Crippen molar-refractivity contribution in [1.29, 1.82) is 0 Å². The minimum absolute atomic E-state index is 0.189. The molecule has 6 heteroatoms. The van der Waals surface area contributed by atoms with Gasteiger partial charge in [-0.15, -0.1) is 0 Å². The second kappa shape index (κ2) is 6.86. The summed E-state index contributed by atoms with van der Waals surface area (Å²) in [6.07, 6.45) is 9.15. The second-order valence-electron chi connectivity index (χ2n) is 6.24. The Labute approximate surface area is 140 Å². The molecule has 2 aromatic heterocycles. The van der Waals surface area contributed by atoms with Crippen molar-refractivity contribution in [2.75, 3.05) is 6.54 Å². The van der Waals surface area contributed by atoms with Gasteiger partial charge in [-0.1, -0.05) is 12.2 Å². The van der Waals surface area contributed by atoms with Gasteiger partial charge >= 0.3 is 5.97 Å². The van der Waals surface area contributed by atoms with Crippen molar-refractivity contribution in [3.63, 3.8) is 0 Å². The summed E-state index contributed by atoms with van der Waals surface area (Å²) in [5, 5.41) is 12.1. The first-order chi connectivity index (χ1) is 11.5. The molecule has 0 saturated heterocycles. The van der Waals surface area contributed by atoms with Crippen LogP contribution < -0.4 is 5.32 Å². The van der Waals surface area contributed by atoms with Crippen molar-refractivity contribution >= 4 is 17.5 Å². The number of nitrogens with one attached hydrogen (secondary N) is 1. The number of carboxylic acids is 1. The van der Waals surface area contributed by atoms with Gasteiger partial charge in [0.25, 0.3) is 0 Å². The number of amides is 1. The minimum atomic E-state index is -0.907. The van der Waals surface area contributed by atoms with E-state index < -0.39 is 17.8 Å². The molecule has 1 amide bonds. The predicted molar refractivity (Wildman–Crippen MR) is 89.6 cm³/mol. The molecule has 0 radical (unpaired) electrons. The molecule has 3 rings (SSSR count). The molecule has 126 valence electrons. The predicted octanol–water partition coefficient (Wildman–Crippen LogP) is 1.97. The minimum Gasteiger partial charge on any atom is -0.481 e. The molecule has 2 aromatic rings. The number of rotatable bonds is 5. The Bertz CT molecular complexity index is 794. The van der Waals surface area contributed by atoms with Gasteiger partial charge in [0.2, 0.25) is 5.91 Å². The van der Waals surface area contributed by atoms with Gasteiger partial charge in [0.05, 0.1) is 17.5 Å². The second-order valence-corrected chi connectivity index (χ2v) is 6.24. The summed E-state index contributed by atoms with van der Waals surface area (Å²) in [6.45, 7) is 2.47. The number of aromatic nitrogens is 2. The lowest BCUT2D eigenvalue weighted by molar-refractivity contribution is -0.147. The van der Waals surface area contributed by atoms with Crippen molar-refractivity contribution in [3.8, 4) is 0 Å². The SMILES string of the molecule is Cc1ccn2cc(CCNC(=O)[C@@H]3CC=CC[C@H]3C(=O)O)nc2c1. The molecule has 0 aliphatic heterocycles. The number of nitrogens with zero attached hydrogens (tertiary/aromatic N) is 2. The highest BCUT2D eigenvalue weighted by Crippen LogP contribution is 2.25. The van der Waals surface area contributed by atoms with E-state index in [2.05, 4.69) is 10.3 Å². The highest BCUT2D eigenvalue weighted by atomic mass is 16.4. The van der Waals surface area contributed by atoms with E-state index in [1.54, 1.807) is 0 Å². The van der Waals surface area contributed by atoms with Crippen LogP contribution in [0.1, 0.15) is 24.1 Å². The number of imidazole rings is 1. The summed E-state index contributed by atoms with van der Waals surface area (Å²) in [5.41, 5.74) is 2.94. The van der Waals surface area contributed by atoms with Crippen LogP contribution in [0.15, 0.2) is 36.7 Å². The molecule has 0 aromatic carbocycles. The Morgan fingerprint density at radius 2 is 2.08 bits per heavy atom. The number of aliphatic carboxylic acids is 1. The zero-order chi connectivity index (χ0) is 17.1. The smallest absolute Gasteiger partial charge is 0.307 e. The molecule has 0 spiro atoms. The average molecular weight is 327 g/mol. The molecule has 1 aliphatic carbocycles. The number of carbonyl (C=O) groups is 2. The van der Waals surface area contributed by atoms with Gasteiger partial charge in [0.1, 0.15) is 5.65 Å². The average Bonchev–Trinajstić information content (AvgIpc) is 2.96. The number of hydrogen-bond donors (Lipinski definition) is 2. The number of carboxylic acid groups (broad SMARTS) is 1. The first-order valence-electron chi connectivity index (χ1n) is 8.14. The van der Waals surface area contributed by atoms with Gasteiger partial charge in [-0.3, -0.25) is 9.59 Å². The summed E-state index contributed by atoms with van der Waals surface area (Å²) in [7, 11) is 0. The number of pyridine rings is 1. The maximum atomic E-state index is 12.3. The van der Waals surface area contributed by atoms with E-state index in [-0.39, 0.29) is 5.91 Å². The first kappa shape index (κ1) is 16.2. The Kier molecular flexibility index (Phi) is 4.64. The zero-order valence-electron chi connectivity index (χ0n) is 13.6. The molecule has 2 heterocycles. The lowest BCUT2D eigenvalue weighted by Crippen LogP contribution is -2.39. The van der Waals surface area contributed by atoms with Crippen molar-refractivity contribution in [3.05, 3.63) is 47.9 Å². The van der Waals surface area contributed by atoms with Gasteiger partial charge < -0.3 is 14.8 Å². The van der Waals surface area contributed by atoms with Gasteiger partial charge in [0.15, 0.2) is 0 Å². The number of allylic oxidation sites excluding steroid dienone is 2. The van der Waals surface area contributed by atoms with Crippen LogP contribution in [-0.2, 0) is 16.0 Å². The van der Waals surface area contributed by atoms with Crippen molar-refractivity contribution in [1.82, 2.24) is 14.7 Å². The van der Waals surface area contributed by atoms with E-state index in [1.165, 1.54) is 0 Å². The van der Waals surface area contributed by atoms with Gasteiger partial charge in [-0.2, -0.15) is 0 Å².